The number of nitro benzene ring substituents is 1. The highest BCUT2D eigenvalue weighted by molar-refractivity contribution is 7.89. The average Bonchev–Trinajstić information content (AvgIpc) is 3.45. The first-order chi connectivity index (χ1) is 14.8. The molecule has 0 atom stereocenters. The van der Waals surface area contributed by atoms with Gasteiger partial charge in [0, 0.05) is 44.4 Å². The van der Waals surface area contributed by atoms with Crippen LogP contribution in [0.3, 0.4) is 0 Å². The molecule has 12 heteroatoms. The van der Waals surface area contributed by atoms with E-state index in [4.69, 9.17) is 4.52 Å². The van der Waals surface area contributed by atoms with Crippen LogP contribution in [0.5, 0.6) is 0 Å². The van der Waals surface area contributed by atoms with Crippen molar-refractivity contribution in [3.05, 3.63) is 63.1 Å². The molecule has 1 aliphatic heterocycles. The van der Waals surface area contributed by atoms with Crippen molar-refractivity contribution in [3.63, 3.8) is 0 Å². The quantitative estimate of drug-likeness (QED) is 0.421. The molecule has 4 rings (SSSR count). The average molecular weight is 463 g/mol. The molecule has 0 N–H and O–H groups in total. The van der Waals surface area contributed by atoms with Gasteiger partial charge in [-0.2, -0.15) is 4.31 Å². The van der Waals surface area contributed by atoms with Crippen molar-refractivity contribution in [2.45, 2.75) is 11.8 Å². The van der Waals surface area contributed by atoms with Gasteiger partial charge in [0.15, 0.2) is 11.5 Å². The van der Waals surface area contributed by atoms with E-state index >= 15 is 0 Å². The SMILES string of the molecule is Cc1ccc([N+](=O)[O-])cc1S(=O)(=O)N1CCN(C(=O)c2cc(-c3cccs3)on2)CC1. The molecule has 3 heterocycles. The molecule has 0 spiro atoms. The van der Waals surface area contributed by atoms with E-state index in [2.05, 4.69) is 5.16 Å². The Morgan fingerprint density at radius 3 is 2.58 bits per heavy atom. The Morgan fingerprint density at radius 1 is 1.19 bits per heavy atom. The van der Waals surface area contributed by atoms with Crippen LogP contribution in [0.25, 0.3) is 10.6 Å². The van der Waals surface area contributed by atoms with E-state index in [1.807, 2.05) is 17.5 Å². The normalized spacial score (nSPS) is 15.2. The minimum absolute atomic E-state index is 0.0752. The van der Waals surface area contributed by atoms with Crippen molar-refractivity contribution in [2.75, 3.05) is 26.2 Å². The number of piperazine rings is 1. The largest absolute Gasteiger partial charge is 0.355 e. The van der Waals surface area contributed by atoms with Crippen LogP contribution in [-0.2, 0) is 10.0 Å². The van der Waals surface area contributed by atoms with Crippen molar-refractivity contribution >= 4 is 33.0 Å². The Hall–Kier alpha value is -3.09. The third kappa shape index (κ3) is 4.09. The first kappa shape index (κ1) is 21.2. The van der Waals surface area contributed by atoms with Crippen molar-refractivity contribution in [1.82, 2.24) is 14.4 Å². The lowest BCUT2D eigenvalue weighted by molar-refractivity contribution is -0.385. The Labute approximate surface area is 181 Å². The monoisotopic (exact) mass is 462 g/mol. The molecule has 1 saturated heterocycles. The van der Waals surface area contributed by atoms with E-state index in [0.717, 1.165) is 10.9 Å². The number of non-ortho nitro benzene ring substituents is 1. The van der Waals surface area contributed by atoms with Crippen LogP contribution in [-0.4, -0.2) is 59.8 Å². The second-order valence-corrected chi connectivity index (χ2v) is 9.81. The van der Waals surface area contributed by atoms with Gasteiger partial charge in [-0.05, 0) is 23.9 Å². The topological polar surface area (TPSA) is 127 Å². The Kier molecular flexibility index (Phi) is 5.60. The van der Waals surface area contributed by atoms with Gasteiger partial charge in [-0.1, -0.05) is 17.3 Å². The minimum atomic E-state index is -3.93. The van der Waals surface area contributed by atoms with Gasteiger partial charge in [-0.25, -0.2) is 8.42 Å². The van der Waals surface area contributed by atoms with Crippen LogP contribution < -0.4 is 0 Å². The van der Waals surface area contributed by atoms with Crippen LogP contribution in [0.1, 0.15) is 16.1 Å². The Balaban J connectivity index is 1.46. The molecule has 3 aromatic rings. The number of aromatic nitrogens is 1. The van der Waals surface area contributed by atoms with Crippen LogP contribution in [0.4, 0.5) is 5.69 Å². The molecule has 2 aromatic heterocycles. The summed E-state index contributed by atoms with van der Waals surface area (Å²) < 4.78 is 32.6. The summed E-state index contributed by atoms with van der Waals surface area (Å²) in [7, 11) is -3.93. The third-order valence-corrected chi connectivity index (χ3v) is 7.94. The molecule has 0 aliphatic carbocycles. The van der Waals surface area contributed by atoms with Crippen molar-refractivity contribution in [3.8, 4) is 10.6 Å². The van der Waals surface area contributed by atoms with Crippen LogP contribution >= 0.6 is 11.3 Å². The number of hydrogen-bond acceptors (Lipinski definition) is 8. The third-order valence-electron chi connectivity index (χ3n) is 5.02. The molecule has 0 unspecified atom stereocenters. The molecule has 0 radical (unpaired) electrons. The van der Waals surface area contributed by atoms with Gasteiger partial charge in [0.1, 0.15) is 0 Å². The van der Waals surface area contributed by atoms with E-state index < -0.39 is 14.9 Å². The molecule has 1 aromatic carbocycles. The number of nitrogens with zero attached hydrogens (tertiary/aromatic N) is 4. The highest BCUT2D eigenvalue weighted by Gasteiger charge is 2.33. The van der Waals surface area contributed by atoms with E-state index in [-0.39, 0.29) is 48.4 Å². The van der Waals surface area contributed by atoms with Crippen LogP contribution in [0.2, 0.25) is 0 Å². The number of aryl methyl sites for hydroxylation is 1. The van der Waals surface area contributed by atoms with Gasteiger partial charge < -0.3 is 9.42 Å². The predicted octanol–water partition coefficient (Wildman–Crippen LogP) is 2.77. The minimum Gasteiger partial charge on any atom is -0.355 e. The molecule has 1 fully saturated rings. The summed E-state index contributed by atoms with van der Waals surface area (Å²) in [5.74, 6) is 0.163. The number of carbonyl (C=O) groups excluding carboxylic acids is 1. The smallest absolute Gasteiger partial charge is 0.276 e. The summed E-state index contributed by atoms with van der Waals surface area (Å²) in [6.45, 7) is 2.09. The number of nitro groups is 1. The first-order valence-corrected chi connectivity index (χ1v) is 11.6. The number of carbonyl (C=O) groups is 1. The van der Waals surface area contributed by atoms with Crippen LogP contribution in [0.15, 0.2) is 51.2 Å². The number of hydrogen-bond donors (Lipinski definition) is 0. The molecule has 162 valence electrons. The zero-order valence-corrected chi connectivity index (χ0v) is 18.1. The summed E-state index contributed by atoms with van der Waals surface area (Å²) in [6.07, 6.45) is 0. The summed E-state index contributed by atoms with van der Waals surface area (Å²) >= 11 is 1.47. The molecule has 0 bridgehead atoms. The highest BCUT2D eigenvalue weighted by atomic mass is 32.2. The maximum atomic E-state index is 13.0. The van der Waals surface area contributed by atoms with Gasteiger partial charge in [-0.3, -0.25) is 14.9 Å². The number of benzene rings is 1. The summed E-state index contributed by atoms with van der Waals surface area (Å²) in [5.41, 5.74) is 0.299. The highest BCUT2D eigenvalue weighted by Crippen LogP contribution is 2.27. The lowest BCUT2D eigenvalue weighted by Gasteiger charge is -2.33. The molecule has 31 heavy (non-hydrogen) atoms. The summed E-state index contributed by atoms with van der Waals surface area (Å²) in [6, 6.07) is 9.06. The maximum Gasteiger partial charge on any atom is 0.276 e. The standard InChI is InChI=1S/C19H18N4O6S2/c1-13-4-5-14(23(25)26)11-18(13)31(27,28)22-8-6-21(7-9-22)19(24)15-12-16(29-20-15)17-3-2-10-30-17/h2-5,10-12H,6-9H2,1H3. The van der Waals surface area contributed by atoms with Gasteiger partial charge in [-0.15, -0.1) is 11.3 Å². The fourth-order valence-electron chi connectivity index (χ4n) is 3.32. The molecular weight excluding hydrogens is 444 g/mol. The summed E-state index contributed by atoms with van der Waals surface area (Å²) in [5, 5.41) is 16.8. The maximum absolute atomic E-state index is 13.0. The fraction of sp³-hybridized carbons (Fsp3) is 0.263. The zero-order valence-electron chi connectivity index (χ0n) is 16.4. The number of amides is 1. The first-order valence-electron chi connectivity index (χ1n) is 9.32. The van der Waals surface area contributed by atoms with Gasteiger partial charge in [0.2, 0.25) is 10.0 Å². The fourth-order valence-corrected chi connectivity index (χ4v) is 5.66. The molecule has 0 saturated carbocycles. The summed E-state index contributed by atoms with van der Waals surface area (Å²) in [4.78, 5) is 25.4. The van der Waals surface area contributed by atoms with E-state index in [1.54, 1.807) is 13.0 Å². The van der Waals surface area contributed by atoms with Gasteiger partial charge in [0.25, 0.3) is 11.6 Å². The Bertz CT molecular complexity index is 1230. The molecule has 10 nitrogen and oxygen atoms in total. The number of rotatable bonds is 5. The number of sulfonamides is 1. The number of thiophene rings is 1. The zero-order chi connectivity index (χ0) is 22.2. The van der Waals surface area contributed by atoms with Crippen molar-refractivity contribution in [2.24, 2.45) is 0 Å². The van der Waals surface area contributed by atoms with Gasteiger partial charge in [0.05, 0.1) is 14.7 Å². The van der Waals surface area contributed by atoms with Crippen molar-refractivity contribution < 1.29 is 22.7 Å². The van der Waals surface area contributed by atoms with E-state index in [1.165, 1.54) is 32.7 Å². The molecule has 1 aliphatic rings. The van der Waals surface area contributed by atoms with Crippen LogP contribution in [0, 0.1) is 17.0 Å². The second kappa shape index (κ2) is 8.21. The van der Waals surface area contributed by atoms with Crippen molar-refractivity contribution in [1.29, 1.82) is 0 Å². The molecule has 1 amide bonds. The lowest BCUT2D eigenvalue weighted by atomic mass is 10.2. The molecular formula is C19H18N4O6S2. The lowest BCUT2D eigenvalue weighted by Crippen LogP contribution is -2.50. The van der Waals surface area contributed by atoms with Gasteiger partial charge >= 0.3 is 0 Å². The predicted molar refractivity (Wildman–Crippen MR) is 112 cm³/mol. The second-order valence-electron chi connectivity index (χ2n) is 6.96. The van der Waals surface area contributed by atoms with E-state index in [0.29, 0.717) is 11.3 Å². The Morgan fingerprint density at radius 2 is 1.94 bits per heavy atom. The van der Waals surface area contributed by atoms with E-state index in [9.17, 15) is 23.3 Å².